The first-order valence-corrected chi connectivity index (χ1v) is 7.48. The van der Waals surface area contributed by atoms with Gasteiger partial charge < -0.3 is 10.6 Å². The average molecular weight is 376 g/mol. The molecule has 0 saturated heterocycles. The Morgan fingerprint density at radius 2 is 1.70 bits per heavy atom. The van der Waals surface area contributed by atoms with Gasteiger partial charge in [-0.15, -0.1) is 0 Å². The summed E-state index contributed by atoms with van der Waals surface area (Å²) in [6, 6.07) is 8.38. The number of anilines is 1. The highest BCUT2D eigenvalue weighted by molar-refractivity contribution is 6.35. The van der Waals surface area contributed by atoms with Gasteiger partial charge in [0.05, 0.1) is 17.1 Å². The molecule has 8 heteroatoms. The van der Waals surface area contributed by atoms with Crippen LogP contribution in [0.15, 0.2) is 36.4 Å². The lowest BCUT2D eigenvalue weighted by Crippen LogP contribution is -2.33. The number of carbonyl (C=O) groups is 2. The van der Waals surface area contributed by atoms with Crippen molar-refractivity contribution in [3.8, 4) is 0 Å². The van der Waals surface area contributed by atoms with Crippen LogP contribution < -0.4 is 10.6 Å². The van der Waals surface area contributed by atoms with E-state index in [1.165, 1.54) is 30.3 Å². The lowest BCUT2D eigenvalue weighted by atomic mass is 10.2. The molecule has 0 heterocycles. The van der Waals surface area contributed by atoms with Crippen molar-refractivity contribution < 1.29 is 14.0 Å². The molecule has 120 valence electrons. The molecule has 2 rings (SSSR count). The Labute approximate surface area is 146 Å². The fourth-order valence-corrected chi connectivity index (χ4v) is 2.57. The van der Waals surface area contributed by atoms with E-state index in [-0.39, 0.29) is 17.1 Å². The van der Waals surface area contributed by atoms with E-state index in [1.807, 2.05) is 0 Å². The number of nitrogens with one attached hydrogen (secondary N) is 2. The van der Waals surface area contributed by atoms with E-state index in [2.05, 4.69) is 10.6 Å². The molecule has 0 unspecified atom stereocenters. The van der Waals surface area contributed by atoms with Gasteiger partial charge in [-0.05, 0) is 30.3 Å². The van der Waals surface area contributed by atoms with Crippen molar-refractivity contribution in [3.05, 3.63) is 62.8 Å². The van der Waals surface area contributed by atoms with E-state index in [0.29, 0.717) is 15.7 Å². The third-order valence-electron chi connectivity index (χ3n) is 2.75. The molecule has 0 saturated carbocycles. The zero-order valence-corrected chi connectivity index (χ0v) is 13.8. The van der Waals surface area contributed by atoms with Gasteiger partial charge in [0.1, 0.15) is 5.82 Å². The molecule has 0 aliphatic heterocycles. The summed E-state index contributed by atoms with van der Waals surface area (Å²) in [5.74, 6) is -2.08. The SMILES string of the molecule is O=C(CNC(=O)c1c(F)cccc1Cl)Nc1cc(Cl)cc(Cl)c1. The highest BCUT2D eigenvalue weighted by Gasteiger charge is 2.16. The van der Waals surface area contributed by atoms with Gasteiger partial charge in [-0.3, -0.25) is 9.59 Å². The van der Waals surface area contributed by atoms with Crippen LogP contribution in [0.5, 0.6) is 0 Å². The van der Waals surface area contributed by atoms with Crippen molar-refractivity contribution >= 4 is 52.3 Å². The average Bonchev–Trinajstić information content (AvgIpc) is 2.43. The fourth-order valence-electron chi connectivity index (χ4n) is 1.79. The summed E-state index contributed by atoms with van der Waals surface area (Å²) in [4.78, 5) is 23.7. The highest BCUT2D eigenvalue weighted by atomic mass is 35.5. The van der Waals surface area contributed by atoms with E-state index in [4.69, 9.17) is 34.8 Å². The first-order valence-electron chi connectivity index (χ1n) is 6.35. The van der Waals surface area contributed by atoms with E-state index >= 15 is 0 Å². The monoisotopic (exact) mass is 374 g/mol. The minimum Gasteiger partial charge on any atom is -0.343 e. The number of benzene rings is 2. The molecule has 0 fully saturated rings. The Kier molecular flexibility index (Phi) is 5.82. The molecule has 0 bridgehead atoms. The molecule has 0 spiro atoms. The Balaban J connectivity index is 1.98. The molecule has 0 radical (unpaired) electrons. The predicted molar refractivity (Wildman–Crippen MR) is 88.8 cm³/mol. The van der Waals surface area contributed by atoms with Gasteiger partial charge >= 0.3 is 0 Å². The summed E-state index contributed by atoms with van der Waals surface area (Å²) in [5, 5.41) is 5.47. The molecule has 2 N–H and O–H groups in total. The summed E-state index contributed by atoms with van der Waals surface area (Å²) < 4.78 is 13.6. The zero-order valence-electron chi connectivity index (χ0n) is 11.5. The standard InChI is InChI=1S/C15H10Cl3FN2O2/c16-8-4-9(17)6-10(5-8)21-13(22)7-20-15(23)14-11(18)2-1-3-12(14)19/h1-6H,7H2,(H,20,23)(H,21,22). The number of halogens is 4. The summed E-state index contributed by atoms with van der Waals surface area (Å²) >= 11 is 17.4. The van der Waals surface area contributed by atoms with Crippen LogP contribution in [0, 0.1) is 5.82 Å². The van der Waals surface area contributed by atoms with Crippen LogP contribution in [0.3, 0.4) is 0 Å². The van der Waals surface area contributed by atoms with Crippen LogP contribution in [0.4, 0.5) is 10.1 Å². The van der Waals surface area contributed by atoms with E-state index in [0.717, 1.165) is 6.07 Å². The normalized spacial score (nSPS) is 10.3. The first-order chi connectivity index (χ1) is 10.9. The maximum absolute atomic E-state index is 13.6. The fraction of sp³-hybridized carbons (Fsp3) is 0.0667. The molecule has 0 aliphatic carbocycles. The zero-order chi connectivity index (χ0) is 17.0. The minimum absolute atomic E-state index is 0.0375. The molecule has 0 aliphatic rings. The summed E-state index contributed by atoms with van der Waals surface area (Å²) in [5.41, 5.74) is 0.0680. The Hall–Kier alpha value is -1.82. The van der Waals surface area contributed by atoms with Crippen molar-refractivity contribution in [2.75, 3.05) is 11.9 Å². The lowest BCUT2D eigenvalue weighted by Gasteiger charge is -2.09. The van der Waals surface area contributed by atoms with Crippen molar-refractivity contribution in [3.63, 3.8) is 0 Å². The quantitative estimate of drug-likeness (QED) is 0.843. The van der Waals surface area contributed by atoms with Crippen molar-refractivity contribution in [2.45, 2.75) is 0 Å². The molecule has 2 amide bonds. The van der Waals surface area contributed by atoms with E-state index in [1.54, 1.807) is 0 Å². The van der Waals surface area contributed by atoms with Gasteiger partial charge in [0, 0.05) is 15.7 Å². The number of hydrogen-bond donors (Lipinski definition) is 2. The van der Waals surface area contributed by atoms with Gasteiger partial charge in [-0.25, -0.2) is 4.39 Å². The number of carbonyl (C=O) groups excluding carboxylic acids is 2. The molecule has 2 aromatic rings. The summed E-state index contributed by atoms with van der Waals surface area (Å²) in [7, 11) is 0. The lowest BCUT2D eigenvalue weighted by molar-refractivity contribution is -0.115. The largest absolute Gasteiger partial charge is 0.343 e. The second-order valence-electron chi connectivity index (χ2n) is 4.49. The van der Waals surface area contributed by atoms with Crippen molar-refractivity contribution in [1.82, 2.24) is 5.32 Å². The predicted octanol–water partition coefficient (Wildman–Crippen LogP) is 4.15. The Morgan fingerprint density at radius 3 is 2.30 bits per heavy atom. The second kappa shape index (κ2) is 7.64. The third-order valence-corrected chi connectivity index (χ3v) is 3.50. The topological polar surface area (TPSA) is 58.2 Å². The van der Waals surface area contributed by atoms with Crippen LogP contribution in [0.25, 0.3) is 0 Å². The number of rotatable bonds is 4. The van der Waals surface area contributed by atoms with Crippen LogP contribution >= 0.6 is 34.8 Å². The van der Waals surface area contributed by atoms with Gasteiger partial charge in [-0.1, -0.05) is 40.9 Å². The molecule has 23 heavy (non-hydrogen) atoms. The van der Waals surface area contributed by atoms with E-state index < -0.39 is 17.6 Å². The highest BCUT2D eigenvalue weighted by Crippen LogP contribution is 2.22. The summed E-state index contributed by atoms with van der Waals surface area (Å²) in [6.07, 6.45) is 0. The van der Waals surface area contributed by atoms with Gasteiger partial charge in [0.15, 0.2) is 0 Å². The Morgan fingerprint density at radius 1 is 1.04 bits per heavy atom. The Bertz CT molecular complexity index is 728. The molecular weight excluding hydrogens is 366 g/mol. The molecule has 2 aromatic carbocycles. The number of amides is 2. The van der Waals surface area contributed by atoms with Crippen LogP contribution in [-0.2, 0) is 4.79 Å². The minimum atomic E-state index is -0.785. The first kappa shape index (κ1) is 17.5. The van der Waals surface area contributed by atoms with Crippen LogP contribution in [0.2, 0.25) is 15.1 Å². The summed E-state index contributed by atoms with van der Waals surface area (Å²) in [6.45, 7) is -0.367. The van der Waals surface area contributed by atoms with Crippen molar-refractivity contribution in [1.29, 1.82) is 0 Å². The van der Waals surface area contributed by atoms with E-state index in [9.17, 15) is 14.0 Å². The van der Waals surface area contributed by atoms with Gasteiger partial charge in [0.25, 0.3) is 5.91 Å². The third kappa shape index (κ3) is 4.82. The van der Waals surface area contributed by atoms with Gasteiger partial charge in [0.2, 0.25) is 5.91 Å². The maximum Gasteiger partial charge on any atom is 0.256 e. The number of hydrogen-bond acceptors (Lipinski definition) is 2. The molecule has 0 aromatic heterocycles. The van der Waals surface area contributed by atoms with Crippen LogP contribution in [-0.4, -0.2) is 18.4 Å². The maximum atomic E-state index is 13.6. The van der Waals surface area contributed by atoms with Gasteiger partial charge in [-0.2, -0.15) is 0 Å². The smallest absolute Gasteiger partial charge is 0.256 e. The molecule has 4 nitrogen and oxygen atoms in total. The van der Waals surface area contributed by atoms with Crippen molar-refractivity contribution in [2.24, 2.45) is 0 Å². The molecular formula is C15H10Cl3FN2O2. The van der Waals surface area contributed by atoms with Crippen LogP contribution in [0.1, 0.15) is 10.4 Å². The second-order valence-corrected chi connectivity index (χ2v) is 5.77. The molecule has 0 atom stereocenters.